The number of alkyl halides is 6. The van der Waals surface area contributed by atoms with Gasteiger partial charge < -0.3 is 30.6 Å². The highest BCUT2D eigenvalue weighted by atomic mass is 32.2. The van der Waals surface area contributed by atoms with Crippen molar-refractivity contribution in [3.8, 4) is 0 Å². The molecular formula is C25H33F6N3O7S2. The molecule has 1 amide bonds. The van der Waals surface area contributed by atoms with Gasteiger partial charge >= 0.3 is 24.2 Å². The second kappa shape index (κ2) is 19.5. The number of nitrogens with zero attached hydrogens (tertiary/aromatic N) is 1. The lowest BCUT2D eigenvalue weighted by atomic mass is 9.96. The first-order valence-corrected chi connectivity index (χ1v) is 14.4. The number of carbonyl (C=O) groups excluding carboxylic acids is 3. The van der Waals surface area contributed by atoms with Gasteiger partial charge in [0.2, 0.25) is 0 Å². The normalized spacial score (nSPS) is 18.5. The van der Waals surface area contributed by atoms with Crippen LogP contribution in [0.5, 0.6) is 0 Å². The first-order chi connectivity index (χ1) is 19.8. The van der Waals surface area contributed by atoms with Crippen molar-refractivity contribution >= 4 is 48.2 Å². The van der Waals surface area contributed by atoms with E-state index < -0.39 is 36.3 Å². The van der Waals surface area contributed by atoms with Crippen molar-refractivity contribution in [3.63, 3.8) is 0 Å². The Kier molecular flexibility index (Phi) is 18.2. The molecule has 0 spiro atoms. The predicted octanol–water partition coefficient (Wildman–Crippen LogP) is -1.17. The minimum Gasteiger partial charge on any atom is -0.542 e. The van der Waals surface area contributed by atoms with Gasteiger partial charge in [-0.05, 0) is 36.0 Å². The number of carboxylic acid groups (broad SMARTS) is 3. The number of nitrogens with two attached hydrogens (primary N) is 1. The standard InChI is InChI=1S/C21H31N3O3S2.2C2HF3O2/c1-29-11-9-18(21(26)27)23-20(25)19-12-16(15-6-3-2-4-7-15)13-24(19)10-5-8-17(22)14-28;2*3-2(4,5)1(6)7/h2-8,16-19,28H,9-14,22H2,1H3,(H,23,25)(H,26,27);2*(H,6,7)/b8-5+;;/t16-,17+,18-,19-;;/m0../s1. The molecule has 10 nitrogen and oxygen atoms in total. The second-order valence-corrected chi connectivity index (χ2v) is 10.4. The smallest absolute Gasteiger partial charge is 0.430 e. The maximum atomic E-state index is 13.0. The molecule has 0 radical (unpaired) electrons. The number of benzene rings is 1. The number of thiol groups is 1. The van der Waals surface area contributed by atoms with Crippen molar-refractivity contribution < 1.29 is 71.9 Å². The maximum absolute atomic E-state index is 13.0. The van der Waals surface area contributed by atoms with Gasteiger partial charge in [0.1, 0.15) is 24.0 Å². The molecule has 1 fully saturated rings. The quantitative estimate of drug-likeness (QED) is 0.129. The molecule has 0 aromatic heterocycles. The van der Waals surface area contributed by atoms with Gasteiger partial charge in [-0.2, -0.15) is 50.7 Å². The lowest BCUT2D eigenvalue weighted by molar-refractivity contribution is -0.596. The molecule has 244 valence electrons. The van der Waals surface area contributed by atoms with Crippen LogP contribution in [0.3, 0.4) is 0 Å². The summed E-state index contributed by atoms with van der Waals surface area (Å²) in [6, 6.07) is 9.34. The van der Waals surface area contributed by atoms with Crippen molar-refractivity contribution in [2.75, 3.05) is 30.9 Å². The molecule has 0 saturated carbocycles. The van der Waals surface area contributed by atoms with Crippen molar-refractivity contribution in [3.05, 3.63) is 48.0 Å². The van der Waals surface area contributed by atoms with Crippen molar-refractivity contribution in [1.82, 2.24) is 4.90 Å². The molecule has 18 heteroatoms. The highest BCUT2D eigenvalue weighted by Gasteiger charge is 2.40. The predicted molar refractivity (Wildman–Crippen MR) is 142 cm³/mol. The molecule has 2 rings (SSSR count). The number of rotatable bonds is 11. The summed E-state index contributed by atoms with van der Waals surface area (Å²) in [5, 5.41) is 28.5. The Labute approximate surface area is 253 Å². The van der Waals surface area contributed by atoms with E-state index in [4.69, 9.17) is 19.8 Å². The number of carboxylic acids is 3. The zero-order valence-electron chi connectivity index (χ0n) is 22.8. The van der Waals surface area contributed by atoms with E-state index >= 15 is 0 Å². The highest BCUT2D eigenvalue weighted by Crippen LogP contribution is 2.31. The number of likely N-dealkylation sites (tertiary alicyclic amines) is 1. The van der Waals surface area contributed by atoms with Crippen LogP contribution in [-0.4, -0.2) is 95.2 Å². The Balaban J connectivity index is 0.00000104. The third kappa shape index (κ3) is 16.6. The van der Waals surface area contributed by atoms with E-state index in [0.29, 0.717) is 25.1 Å². The fourth-order valence-corrected chi connectivity index (χ4v) is 4.26. The molecule has 0 aliphatic carbocycles. The monoisotopic (exact) mass is 665 g/mol. The van der Waals surface area contributed by atoms with Gasteiger partial charge in [0.15, 0.2) is 6.04 Å². The average Bonchev–Trinajstić information content (AvgIpc) is 3.35. The fourth-order valence-electron chi connectivity index (χ4n) is 3.65. The van der Waals surface area contributed by atoms with Crippen LogP contribution in [-0.2, 0) is 19.2 Å². The zero-order valence-corrected chi connectivity index (χ0v) is 24.6. The van der Waals surface area contributed by atoms with Crippen molar-refractivity contribution in [1.29, 1.82) is 0 Å². The van der Waals surface area contributed by atoms with E-state index in [-0.39, 0.29) is 23.9 Å². The Morgan fingerprint density at radius 3 is 2.05 bits per heavy atom. The fraction of sp³-hybridized carbons (Fsp3) is 0.520. The van der Waals surface area contributed by atoms with E-state index in [1.165, 1.54) is 10.9 Å². The van der Waals surface area contributed by atoms with E-state index in [1.54, 1.807) is 11.8 Å². The van der Waals surface area contributed by atoms with Crippen LogP contribution in [0, 0.1) is 0 Å². The first-order valence-electron chi connectivity index (χ1n) is 12.4. The SMILES string of the molecule is CSCC[C@H]([NH2+]C(=O)[C@@H]1C[C@H](c2ccccc2)CN1C/C=C/[C@@H]([NH3+])CS)C(=O)O.O=C([O-])C(F)(F)F.O=C([O-])C(F)(F)F. The van der Waals surface area contributed by atoms with Gasteiger partial charge in [0.25, 0.3) is 0 Å². The number of hydrogen-bond acceptors (Lipinski definition) is 9. The number of halogens is 6. The van der Waals surface area contributed by atoms with E-state index in [2.05, 4.69) is 35.4 Å². The van der Waals surface area contributed by atoms with Gasteiger partial charge in [-0.15, -0.1) is 0 Å². The summed E-state index contributed by atoms with van der Waals surface area (Å²) in [4.78, 5) is 44.3. The Morgan fingerprint density at radius 1 is 1.12 bits per heavy atom. The van der Waals surface area contributed by atoms with Gasteiger partial charge in [-0.3, -0.25) is 10.2 Å². The molecule has 0 bridgehead atoms. The van der Waals surface area contributed by atoms with E-state index in [0.717, 1.165) is 12.3 Å². The number of primary amides is 1. The van der Waals surface area contributed by atoms with Crippen LogP contribution in [0.1, 0.15) is 24.3 Å². The second-order valence-electron chi connectivity index (χ2n) is 9.05. The van der Waals surface area contributed by atoms with Crippen LogP contribution in [0.4, 0.5) is 26.3 Å². The lowest BCUT2D eigenvalue weighted by Crippen LogP contribution is -2.97. The molecule has 1 aromatic rings. The summed E-state index contributed by atoms with van der Waals surface area (Å²) in [7, 11) is 0. The molecule has 0 unspecified atom stereocenters. The topological polar surface area (TPSA) is 182 Å². The molecular weight excluding hydrogens is 632 g/mol. The molecule has 4 atom stereocenters. The van der Waals surface area contributed by atoms with Gasteiger partial charge in [-0.1, -0.05) is 36.4 Å². The molecule has 1 aliphatic heterocycles. The summed E-state index contributed by atoms with van der Waals surface area (Å²) >= 11 is 5.85. The Bertz CT molecular complexity index is 1040. The lowest BCUT2D eigenvalue weighted by Gasteiger charge is -2.21. The molecule has 1 aromatic carbocycles. The molecule has 43 heavy (non-hydrogen) atoms. The first kappa shape index (κ1) is 40.2. The summed E-state index contributed by atoms with van der Waals surface area (Å²) < 4.78 is 63.1. The van der Waals surface area contributed by atoms with Gasteiger partial charge in [-0.25, -0.2) is 9.59 Å². The van der Waals surface area contributed by atoms with Crippen LogP contribution in [0.25, 0.3) is 0 Å². The number of thioether (sulfide) groups is 1. The molecule has 6 N–H and O–H groups in total. The van der Waals surface area contributed by atoms with Crippen molar-refractivity contribution in [2.24, 2.45) is 0 Å². The van der Waals surface area contributed by atoms with Gasteiger partial charge in [0.05, 0.1) is 0 Å². The zero-order chi connectivity index (χ0) is 33.4. The van der Waals surface area contributed by atoms with E-state index in [1.807, 2.05) is 36.6 Å². The third-order valence-corrected chi connectivity index (χ3v) is 6.88. The average molecular weight is 666 g/mol. The summed E-state index contributed by atoms with van der Waals surface area (Å²) in [6.45, 7) is 1.43. The summed E-state index contributed by atoms with van der Waals surface area (Å²) in [6.07, 6.45) is -3.20. The van der Waals surface area contributed by atoms with Crippen LogP contribution >= 0.6 is 24.4 Å². The van der Waals surface area contributed by atoms with Crippen LogP contribution in [0.15, 0.2) is 42.5 Å². The number of amides is 1. The Hall–Kier alpha value is -2.80. The third-order valence-electron chi connectivity index (χ3n) is 5.76. The van der Waals surface area contributed by atoms with Gasteiger partial charge in [0, 0.05) is 25.3 Å². The minimum absolute atomic E-state index is 0.0781. The number of quaternary nitrogens is 2. The number of carbonyl (C=O) groups is 4. The van der Waals surface area contributed by atoms with Crippen molar-refractivity contribution in [2.45, 2.75) is 49.2 Å². The highest BCUT2D eigenvalue weighted by molar-refractivity contribution is 7.98. The van der Waals surface area contributed by atoms with E-state index in [9.17, 15) is 41.0 Å². The number of hydrogen-bond donors (Lipinski definition) is 4. The minimum atomic E-state index is -5.19. The number of aliphatic carboxylic acids is 3. The summed E-state index contributed by atoms with van der Waals surface area (Å²) in [5.74, 6) is -5.36. The molecule has 1 saturated heterocycles. The molecule has 1 heterocycles. The summed E-state index contributed by atoms with van der Waals surface area (Å²) in [5.41, 5.74) is 5.22. The maximum Gasteiger partial charge on any atom is 0.430 e. The van der Waals surface area contributed by atoms with Crippen LogP contribution < -0.4 is 21.3 Å². The Morgan fingerprint density at radius 2 is 1.63 bits per heavy atom. The largest absolute Gasteiger partial charge is 0.542 e. The molecule has 1 aliphatic rings. The van der Waals surface area contributed by atoms with Crippen LogP contribution in [0.2, 0.25) is 0 Å².